The van der Waals surface area contributed by atoms with Gasteiger partial charge < -0.3 is 5.41 Å². The summed E-state index contributed by atoms with van der Waals surface area (Å²) in [5.74, 6) is 0.370. The van der Waals surface area contributed by atoms with Crippen LogP contribution in [0.1, 0.15) is 19.8 Å². The molecular formula is C10H12N2. The van der Waals surface area contributed by atoms with Crippen LogP contribution in [-0.4, -0.2) is 5.71 Å². The standard InChI is InChI=1S/C10H12N2/c1-7(2)8-3-4-9(6-11)10(12)5-8/h4,8,12H,1,3,5H2,2H3. The number of nitrogens with one attached hydrogen (secondary N) is 1. The second kappa shape index (κ2) is 3.36. The van der Waals surface area contributed by atoms with Gasteiger partial charge in [0.2, 0.25) is 0 Å². The van der Waals surface area contributed by atoms with E-state index in [1.165, 1.54) is 0 Å². The van der Waals surface area contributed by atoms with E-state index in [4.69, 9.17) is 10.7 Å². The van der Waals surface area contributed by atoms with Crippen LogP contribution >= 0.6 is 0 Å². The molecule has 0 aromatic heterocycles. The van der Waals surface area contributed by atoms with E-state index in [1.807, 2.05) is 19.1 Å². The normalized spacial score (nSPS) is 22.8. The molecule has 0 amide bonds. The summed E-state index contributed by atoms with van der Waals surface area (Å²) < 4.78 is 0. The first-order valence-corrected chi connectivity index (χ1v) is 3.98. The van der Waals surface area contributed by atoms with E-state index < -0.39 is 0 Å². The van der Waals surface area contributed by atoms with Crippen molar-refractivity contribution < 1.29 is 0 Å². The predicted molar refractivity (Wildman–Crippen MR) is 49.0 cm³/mol. The fraction of sp³-hybridized carbons (Fsp3) is 0.400. The van der Waals surface area contributed by atoms with Crippen LogP contribution in [0.15, 0.2) is 23.8 Å². The molecule has 0 saturated carbocycles. The van der Waals surface area contributed by atoms with Crippen molar-refractivity contribution in [3.05, 3.63) is 23.8 Å². The molecule has 0 spiro atoms. The molecule has 0 aliphatic heterocycles. The lowest BCUT2D eigenvalue weighted by atomic mass is 9.85. The molecular weight excluding hydrogens is 148 g/mol. The van der Waals surface area contributed by atoms with E-state index in [0.29, 0.717) is 23.6 Å². The number of allylic oxidation sites excluding steroid dienone is 3. The van der Waals surface area contributed by atoms with E-state index in [0.717, 1.165) is 12.0 Å². The Morgan fingerprint density at radius 3 is 2.92 bits per heavy atom. The second-order valence-electron chi connectivity index (χ2n) is 3.19. The summed E-state index contributed by atoms with van der Waals surface area (Å²) in [5, 5.41) is 16.1. The third-order valence-corrected chi connectivity index (χ3v) is 2.20. The van der Waals surface area contributed by atoms with Gasteiger partial charge in [-0.25, -0.2) is 0 Å². The fourth-order valence-corrected chi connectivity index (χ4v) is 1.31. The number of hydrogen-bond acceptors (Lipinski definition) is 2. The number of hydrogen-bond donors (Lipinski definition) is 1. The van der Waals surface area contributed by atoms with Crippen molar-refractivity contribution in [1.82, 2.24) is 0 Å². The first-order chi connectivity index (χ1) is 5.65. The van der Waals surface area contributed by atoms with Crippen LogP contribution in [0.3, 0.4) is 0 Å². The molecule has 1 N–H and O–H groups in total. The monoisotopic (exact) mass is 160 g/mol. The highest BCUT2D eigenvalue weighted by molar-refractivity contribution is 6.02. The van der Waals surface area contributed by atoms with E-state index >= 15 is 0 Å². The number of nitriles is 1. The highest BCUT2D eigenvalue weighted by atomic mass is 14.5. The summed E-state index contributed by atoms with van der Waals surface area (Å²) in [6.07, 6.45) is 3.38. The molecule has 0 heterocycles. The summed E-state index contributed by atoms with van der Waals surface area (Å²) in [7, 11) is 0. The minimum absolute atomic E-state index is 0.370. The lowest BCUT2D eigenvalue weighted by Gasteiger charge is -2.19. The lowest BCUT2D eigenvalue weighted by Crippen LogP contribution is -2.14. The molecule has 12 heavy (non-hydrogen) atoms. The largest absolute Gasteiger partial charge is 0.304 e. The van der Waals surface area contributed by atoms with Crippen LogP contribution < -0.4 is 0 Å². The van der Waals surface area contributed by atoms with Crippen molar-refractivity contribution in [2.45, 2.75) is 19.8 Å². The molecule has 62 valence electrons. The molecule has 0 bridgehead atoms. The average Bonchev–Trinajstić information content (AvgIpc) is 2.04. The number of nitrogens with zero attached hydrogens (tertiary/aromatic N) is 1. The highest BCUT2D eigenvalue weighted by Crippen LogP contribution is 2.25. The van der Waals surface area contributed by atoms with Crippen molar-refractivity contribution in [2.75, 3.05) is 0 Å². The Morgan fingerprint density at radius 2 is 2.50 bits per heavy atom. The molecule has 0 fully saturated rings. The van der Waals surface area contributed by atoms with E-state index in [2.05, 4.69) is 6.58 Å². The molecule has 0 aromatic carbocycles. The molecule has 2 heteroatoms. The van der Waals surface area contributed by atoms with Crippen molar-refractivity contribution in [2.24, 2.45) is 5.92 Å². The van der Waals surface area contributed by atoms with Crippen molar-refractivity contribution in [3.8, 4) is 6.07 Å². The van der Waals surface area contributed by atoms with Gasteiger partial charge in [0.1, 0.15) is 6.07 Å². The molecule has 1 atom stereocenters. The summed E-state index contributed by atoms with van der Waals surface area (Å²) >= 11 is 0. The number of rotatable bonds is 1. The van der Waals surface area contributed by atoms with Crippen molar-refractivity contribution in [1.29, 1.82) is 10.7 Å². The van der Waals surface area contributed by atoms with Crippen LogP contribution in [0.4, 0.5) is 0 Å². The van der Waals surface area contributed by atoms with Gasteiger partial charge in [-0.3, -0.25) is 0 Å². The van der Waals surface area contributed by atoms with Crippen LogP contribution in [0, 0.1) is 22.7 Å². The zero-order valence-electron chi connectivity index (χ0n) is 7.22. The quantitative estimate of drug-likeness (QED) is 0.588. The maximum Gasteiger partial charge on any atom is 0.101 e. The Bertz CT molecular complexity index is 291. The van der Waals surface area contributed by atoms with Gasteiger partial charge in [-0.15, -0.1) is 0 Å². The van der Waals surface area contributed by atoms with E-state index in [-0.39, 0.29) is 0 Å². The molecule has 0 radical (unpaired) electrons. The maximum atomic E-state index is 8.60. The van der Waals surface area contributed by atoms with Gasteiger partial charge in [-0.05, 0) is 25.7 Å². The Morgan fingerprint density at radius 1 is 1.83 bits per heavy atom. The smallest absolute Gasteiger partial charge is 0.101 e. The minimum atomic E-state index is 0.370. The van der Waals surface area contributed by atoms with Gasteiger partial charge in [-0.2, -0.15) is 5.26 Å². The third-order valence-electron chi connectivity index (χ3n) is 2.20. The highest BCUT2D eigenvalue weighted by Gasteiger charge is 2.18. The molecule has 2 nitrogen and oxygen atoms in total. The third kappa shape index (κ3) is 1.62. The zero-order valence-corrected chi connectivity index (χ0v) is 7.22. The van der Waals surface area contributed by atoms with Crippen molar-refractivity contribution in [3.63, 3.8) is 0 Å². The Labute approximate surface area is 72.7 Å². The summed E-state index contributed by atoms with van der Waals surface area (Å²) in [4.78, 5) is 0. The summed E-state index contributed by atoms with van der Waals surface area (Å²) in [5.41, 5.74) is 2.09. The molecule has 1 unspecified atom stereocenters. The van der Waals surface area contributed by atoms with Crippen LogP contribution in [-0.2, 0) is 0 Å². The summed E-state index contributed by atoms with van der Waals surface area (Å²) in [6, 6.07) is 2.02. The van der Waals surface area contributed by atoms with Gasteiger partial charge in [0, 0.05) is 5.71 Å². The zero-order chi connectivity index (χ0) is 9.14. The molecule has 0 saturated heterocycles. The maximum absolute atomic E-state index is 8.60. The first-order valence-electron chi connectivity index (χ1n) is 3.98. The van der Waals surface area contributed by atoms with E-state index in [1.54, 1.807) is 0 Å². The minimum Gasteiger partial charge on any atom is -0.304 e. The van der Waals surface area contributed by atoms with Gasteiger partial charge in [0.25, 0.3) is 0 Å². The first kappa shape index (κ1) is 8.73. The van der Waals surface area contributed by atoms with Crippen LogP contribution in [0.5, 0.6) is 0 Å². The van der Waals surface area contributed by atoms with Crippen LogP contribution in [0.2, 0.25) is 0 Å². The van der Waals surface area contributed by atoms with Gasteiger partial charge in [0.05, 0.1) is 5.57 Å². The fourth-order valence-electron chi connectivity index (χ4n) is 1.31. The van der Waals surface area contributed by atoms with Gasteiger partial charge in [-0.1, -0.05) is 18.2 Å². The summed E-state index contributed by atoms with van der Waals surface area (Å²) in [6.45, 7) is 5.83. The second-order valence-corrected chi connectivity index (χ2v) is 3.19. The Hall–Kier alpha value is -1.36. The van der Waals surface area contributed by atoms with E-state index in [9.17, 15) is 0 Å². The van der Waals surface area contributed by atoms with Gasteiger partial charge in [0.15, 0.2) is 0 Å². The van der Waals surface area contributed by atoms with Crippen molar-refractivity contribution >= 4 is 5.71 Å². The predicted octanol–water partition coefficient (Wildman–Crippen LogP) is 2.44. The topological polar surface area (TPSA) is 47.6 Å². The lowest BCUT2D eigenvalue weighted by molar-refractivity contribution is 0.640. The SMILES string of the molecule is C=C(C)C1CC=C(C#N)C(=N)C1. The molecule has 1 aliphatic rings. The average molecular weight is 160 g/mol. The molecule has 0 aromatic rings. The van der Waals surface area contributed by atoms with Crippen LogP contribution in [0.25, 0.3) is 0 Å². The molecule has 1 aliphatic carbocycles. The molecule has 1 rings (SSSR count). The Kier molecular flexibility index (Phi) is 2.44. The Balaban J connectivity index is 2.78. The van der Waals surface area contributed by atoms with Gasteiger partial charge >= 0.3 is 0 Å².